The number of methoxy groups -OCH3 is 1. The van der Waals surface area contributed by atoms with E-state index in [0.717, 1.165) is 11.1 Å². The summed E-state index contributed by atoms with van der Waals surface area (Å²) in [6.07, 6.45) is 3.65. The van der Waals surface area contributed by atoms with E-state index >= 15 is 0 Å². The van der Waals surface area contributed by atoms with E-state index in [1.165, 1.54) is 19.4 Å². The van der Waals surface area contributed by atoms with Crippen LogP contribution in [-0.2, 0) is 36.8 Å². The SMILES string of the molecule is CCC1CC(=O)C(=O)/C(=C2/N=CC(C)CC(=O)CC(Cc3cc(CC(=O)C(C)O)ccc3OC)CCC2=O)C=N1. The van der Waals surface area contributed by atoms with Crippen LogP contribution in [0.4, 0.5) is 0 Å². The lowest BCUT2D eigenvalue weighted by Crippen LogP contribution is -2.21. The van der Waals surface area contributed by atoms with Crippen molar-refractivity contribution in [3.05, 3.63) is 40.6 Å². The molecular weight excluding hydrogens is 512 g/mol. The molecule has 0 aliphatic carbocycles. The van der Waals surface area contributed by atoms with E-state index in [-0.39, 0.29) is 78.6 Å². The van der Waals surface area contributed by atoms with Crippen LogP contribution in [0.1, 0.15) is 70.4 Å². The average Bonchev–Trinajstić information content (AvgIpc) is 3.06. The number of hydrogen-bond donors (Lipinski definition) is 1. The predicted octanol–water partition coefficient (Wildman–Crippen LogP) is 3.41. The van der Waals surface area contributed by atoms with Crippen LogP contribution in [0.2, 0.25) is 0 Å². The third kappa shape index (κ3) is 8.21. The van der Waals surface area contributed by atoms with Gasteiger partial charge < -0.3 is 9.84 Å². The van der Waals surface area contributed by atoms with Crippen LogP contribution in [-0.4, -0.2) is 65.7 Å². The highest BCUT2D eigenvalue weighted by Gasteiger charge is 2.30. The van der Waals surface area contributed by atoms with Crippen LogP contribution in [0.15, 0.2) is 39.5 Å². The van der Waals surface area contributed by atoms with Crippen LogP contribution in [0.3, 0.4) is 0 Å². The van der Waals surface area contributed by atoms with Crippen LogP contribution < -0.4 is 4.74 Å². The van der Waals surface area contributed by atoms with E-state index in [4.69, 9.17) is 4.74 Å². The molecule has 4 unspecified atom stereocenters. The standard InChI is InChI=1S/C31H38N2O7/c1-5-23-15-28(38)31(39)25(17-32-23)30-26(36)8-6-20(13-24(35)10-18(2)16-33-30)11-22-12-21(7-9-29(22)40-4)14-27(37)19(3)34/h7,9,12,16-20,23,34H,5-6,8,10-11,13-15H2,1-4H3/b30-25+,33-16?. The number of aliphatic hydroxyl groups excluding tert-OH is 1. The van der Waals surface area contributed by atoms with Gasteiger partial charge in [-0.05, 0) is 55.2 Å². The largest absolute Gasteiger partial charge is 0.496 e. The zero-order valence-corrected chi connectivity index (χ0v) is 23.6. The van der Waals surface area contributed by atoms with Crippen molar-refractivity contribution in [2.75, 3.05) is 7.11 Å². The third-order valence-electron chi connectivity index (χ3n) is 7.33. The molecule has 3 rings (SSSR count). The van der Waals surface area contributed by atoms with Crippen molar-refractivity contribution >= 4 is 41.3 Å². The minimum atomic E-state index is -1.07. The number of aliphatic imine (C=N–C) groups is 2. The van der Waals surface area contributed by atoms with E-state index in [1.807, 2.05) is 19.9 Å². The summed E-state index contributed by atoms with van der Waals surface area (Å²) in [6, 6.07) is 5.04. The first-order valence-electron chi connectivity index (χ1n) is 13.8. The lowest BCUT2D eigenvalue weighted by atomic mass is 9.86. The highest BCUT2D eigenvalue weighted by molar-refractivity contribution is 6.49. The minimum Gasteiger partial charge on any atom is -0.496 e. The molecule has 1 aromatic carbocycles. The van der Waals surface area contributed by atoms with Gasteiger partial charge in [-0.1, -0.05) is 26.0 Å². The number of rotatable bonds is 7. The monoisotopic (exact) mass is 550 g/mol. The number of carbonyl (C=O) groups excluding carboxylic acids is 5. The molecule has 0 fully saturated rings. The van der Waals surface area contributed by atoms with Crippen LogP contribution in [0.5, 0.6) is 5.75 Å². The molecule has 0 spiro atoms. The zero-order chi connectivity index (χ0) is 29.4. The first-order chi connectivity index (χ1) is 19.0. The summed E-state index contributed by atoms with van der Waals surface area (Å²) in [4.78, 5) is 72.6. The van der Waals surface area contributed by atoms with Gasteiger partial charge in [0.25, 0.3) is 0 Å². The van der Waals surface area contributed by atoms with E-state index < -0.39 is 17.7 Å². The van der Waals surface area contributed by atoms with Crippen LogP contribution in [0, 0.1) is 11.8 Å². The zero-order valence-electron chi connectivity index (χ0n) is 23.6. The maximum atomic E-state index is 13.4. The molecule has 4 atom stereocenters. The number of allylic oxidation sites excluding steroid dienone is 2. The summed E-state index contributed by atoms with van der Waals surface area (Å²) < 4.78 is 5.53. The Morgan fingerprint density at radius 1 is 1.12 bits per heavy atom. The first kappa shape index (κ1) is 30.9. The fraction of sp³-hybridized carbons (Fsp3) is 0.516. The summed E-state index contributed by atoms with van der Waals surface area (Å²) in [7, 11) is 1.54. The fourth-order valence-corrected chi connectivity index (χ4v) is 4.97. The summed E-state index contributed by atoms with van der Waals surface area (Å²) in [5.41, 5.74) is 1.34. The lowest BCUT2D eigenvalue weighted by Gasteiger charge is -2.19. The number of benzene rings is 1. The minimum absolute atomic E-state index is 0.00277. The summed E-state index contributed by atoms with van der Waals surface area (Å²) in [5, 5.41) is 9.60. The third-order valence-corrected chi connectivity index (χ3v) is 7.33. The Kier molecular flexibility index (Phi) is 11.0. The first-order valence-corrected chi connectivity index (χ1v) is 13.8. The number of hydrogen-bond acceptors (Lipinski definition) is 9. The van der Waals surface area contributed by atoms with Crippen molar-refractivity contribution in [2.24, 2.45) is 21.8 Å². The molecule has 0 saturated heterocycles. The fourth-order valence-electron chi connectivity index (χ4n) is 4.97. The van der Waals surface area contributed by atoms with Gasteiger partial charge in [-0.25, -0.2) is 0 Å². The van der Waals surface area contributed by atoms with Gasteiger partial charge >= 0.3 is 0 Å². The summed E-state index contributed by atoms with van der Waals surface area (Å²) in [6.45, 7) is 5.12. The molecule has 0 aromatic heterocycles. The Morgan fingerprint density at radius 2 is 1.88 bits per heavy atom. The van der Waals surface area contributed by atoms with E-state index in [0.29, 0.717) is 25.0 Å². The van der Waals surface area contributed by atoms with Crippen LogP contribution in [0.25, 0.3) is 0 Å². The molecule has 0 saturated carbocycles. The maximum Gasteiger partial charge on any atom is 0.232 e. The second kappa shape index (κ2) is 14.2. The smallest absolute Gasteiger partial charge is 0.232 e. The van der Waals surface area contributed by atoms with Crippen molar-refractivity contribution in [3.8, 4) is 5.75 Å². The van der Waals surface area contributed by atoms with Crippen molar-refractivity contribution in [1.29, 1.82) is 0 Å². The Bertz CT molecular complexity index is 1260. The van der Waals surface area contributed by atoms with Gasteiger partial charge in [-0.3, -0.25) is 34.0 Å². The molecule has 9 heteroatoms. The van der Waals surface area contributed by atoms with Gasteiger partial charge in [0.05, 0.1) is 18.7 Å². The second-order valence-corrected chi connectivity index (χ2v) is 10.8. The molecule has 1 N–H and O–H groups in total. The number of nitrogens with zero attached hydrogens (tertiary/aromatic N) is 2. The predicted molar refractivity (Wildman–Crippen MR) is 151 cm³/mol. The molecular formula is C31H38N2O7. The van der Waals surface area contributed by atoms with Gasteiger partial charge in [-0.15, -0.1) is 0 Å². The molecule has 214 valence electrons. The summed E-state index contributed by atoms with van der Waals surface area (Å²) in [5.74, 6) is -1.91. The van der Waals surface area contributed by atoms with Gasteiger partial charge in [0, 0.05) is 44.5 Å². The number of Topliss-reactive ketones (excluding diaryl/α,β-unsaturated/α-hetero) is 5. The number of ether oxygens (including phenoxy) is 1. The molecule has 2 aliphatic heterocycles. The molecule has 0 radical (unpaired) electrons. The molecule has 2 aliphatic rings. The molecule has 0 bridgehead atoms. The number of carbonyl (C=O) groups is 5. The molecule has 2 heterocycles. The Morgan fingerprint density at radius 3 is 2.55 bits per heavy atom. The Hall–Kier alpha value is -3.59. The van der Waals surface area contributed by atoms with E-state index in [9.17, 15) is 29.1 Å². The maximum absolute atomic E-state index is 13.4. The van der Waals surface area contributed by atoms with Gasteiger partial charge in [0.1, 0.15) is 23.3 Å². The molecule has 0 amide bonds. The molecule has 9 nitrogen and oxygen atoms in total. The Labute approximate surface area is 234 Å². The van der Waals surface area contributed by atoms with E-state index in [2.05, 4.69) is 9.98 Å². The van der Waals surface area contributed by atoms with Crippen molar-refractivity contribution in [2.45, 2.75) is 84.3 Å². The van der Waals surface area contributed by atoms with Gasteiger partial charge in [0.2, 0.25) is 11.6 Å². The van der Waals surface area contributed by atoms with E-state index in [1.54, 1.807) is 19.2 Å². The molecule has 40 heavy (non-hydrogen) atoms. The number of ketones is 5. The number of aliphatic hydroxyl groups is 1. The molecule has 1 aromatic rings. The quantitative estimate of drug-likeness (QED) is 0.405. The Balaban J connectivity index is 1.93. The van der Waals surface area contributed by atoms with Crippen molar-refractivity contribution < 1.29 is 33.8 Å². The average molecular weight is 551 g/mol. The van der Waals surface area contributed by atoms with Crippen molar-refractivity contribution in [3.63, 3.8) is 0 Å². The topological polar surface area (TPSA) is 140 Å². The normalized spacial score (nSPS) is 25.4. The van der Waals surface area contributed by atoms with Gasteiger partial charge in [0.15, 0.2) is 11.6 Å². The highest BCUT2D eigenvalue weighted by Crippen LogP contribution is 2.29. The highest BCUT2D eigenvalue weighted by atomic mass is 16.5. The lowest BCUT2D eigenvalue weighted by molar-refractivity contribution is -0.134. The van der Waals surface area contributed by atoms with Gasteiger partial charge in [-0.2, -0.15) is 0 Å². The second-order valence-electron chi connectivity index (χ2n) is 10.8. The summed E-state index contributed by atoms with van der Waals surface area (Å²) >= 11 is 0. The van der Waals surface area contributed by atoms with Crippen molar-refractivity contribution in [1.82, 2.24) is 0 Å². The van der Waals surface area contributed by atoms with Crippen LogP contribution >= 0.6 is 0 Å².